The molecule has 2 heterocycles. The van der Waals surface area contributed by atoms with Gasteiger partial charge in [0.25, 0.3) is 10.2 Å². The van der Waals surface area contributed by atoms with Crippen LogP contribution in [-0.4, -0.2) is 62.5 Å². The van der Waals surface area contributed by atoms with Crippen molar-refractivity contribution < 1.29 is 13.2 Å². The molecule has 0 aliphatic carbocycles. The number of rotatable bonds is 4. The monoisotopic (exact) mass is 339 g/mol. The Balaban J connectivity index is 1.70. The molecule has 2 N–H and O–H groups in total. The standard InChI is InChI=1S/C16H25N3O3S/c1-22-14-7-9-18(10-8-14)23(20,21)19-11-15(16(17)12-19)13-5-3-2-4-6-13/h2-6,14-16H,7-12,17H2,1H3/t15-,16+/m1/s1. The summed E-state index contributed by atoms with van der Waals surface area (Å²) in [6, 6.07) is 9.76. The molecular formula is C16H25N3O3S. The summed E-state index contributed by atoms with van der Waals surface area (Å²) in [6.07, 6.45) is 1.66. The molecule has 128 valence electrons. The molecule has 0 radical (unpaired) electrons. The van der Waals surface area contributed by atoms with E-state index in [1.807, 2.05) is 30.3 Å². The van der Waals surface area contributed by atoms with Gasteiger partial charge in [0, 0.05) is 45.2 Å². The van der Waals surface area contributed by atoms with E-state index in [-0.39, 0.29) is 18.1 Å². The molecule has 7 heteroatoms. The van der Waals surface area contributed by atoms with Crippen LogP contribution in [0.2, 0.25) is 0 Å². The zero-order valence-electron chi connectivity index (χ0n) is 13.5. The van der Waals surface area contributed by atoms with Crippen molar-refractivity contribution in [1.29, 1.82) is 0 Å². The third kappa shape index (κ3) is 3.44. The van der Waals surface area contributed by atoms with Gasteiger partial charge in [0.15, 0.2) is 0 Å². The van der Waals surface area contributed by atoms with E-state index in [9.17, 15) is 8.42 Å². The SMILES string of the molecule is COC1CCN(S(=O)(=O)N2C[C@H](c3ccccc3)[C@@H](N)C2)CC1. The van der Waals surface area contributed by atoms with Crippen molar-refractivity contribution in [3.8, 4) is 0 Å². The maximum Gasteiger partial charge on any atom is 0.282 e. The van der Waals surface area contributed by atoms with Crippen molar-refractivity contribution >= 4 is 10.2 Å². The molecule has 2 atom stereocenters. The van der Waals surface area contributed by atoms with Gasteiger partial charge in [0.1, 0.15) is 0 Å². The highest BCUT2D eigenvalue weighted by Gasteiger charge is 2.41. The third-order valence-electron chi connectivity index (χ3n) is 4.95. The predicted molar refractivity (Wildman–Crippen MR) is 89.3 cm³/mol. The van der Waals surface area contributed by atoms with Gasteiger partial charge in [-0.3, -0.25) is 0 Å². The topological polar surface area (TPSA) is 75.9 Å². The van der Waals surface area contributed by atoms with Crippen LogP contribution in [0.15, 0.2) is 30.3 Å². The van der Waals surface area contributed by atoms with E-state index >= 15 is 0 Å². The van der Waals surface area contributed by atoms with E-state index in [0.29, 0.717) is 26.2 Å². The Bertz CT molecular complexity index is 615. The van der Waals surface area contributed by atoms with Crippen molar-refractivity contribution in [1.82, 2.24) is 8.61 Å². The Kier molecular flexibility index (Phi) is 5.03. The summed E-state index contributed by atoms with van der Waals surface area (Å²) in [6.45, 7) is 1.87. The second kappa shape index (κ2) is 6.86. The summed E-state index contributed by atoms with van der Waals surface area (Å²) >= 11 is 0. The molecule has 1 aromatic rings. The van der Waals surface area contributed by atoms with Crippen LogP contribution in [-0.2, 0) is 14.9 Å². The van der Waals surface area contributed by atoms with Gasteiger partial charge in [-0.05, 0) is 18.4 Å². The predicted octanol–water partition coefficient (Wildman–Crippen LogP) is 0.769. The van der Waals surface area contributed by atoms with Crippen LogP contribution in [0.4, 0.5) is 0 Å². The normalized spacial score (nSPS) is 28.3. The van der Waals surface area contributed by atoms with Crippen LogP contribution < -0.4 is 5.73 Å². The van der Waals surface area contributed by atoms with Crippen LogP contribution in [0.5, 0.6) is 0 Å². The molecule has 0 saturated carbocycles. The van der Waals surface area contributed by atoms with E-state index in [2.05, 4.69) is 0 Å². The average Bonchev–Trinajstić information content (AvgIpc) is 2.98. The number of hydrogen-bond acceptors (Lipinski definition) is 4. The molecule has 0 unspecified atom stereocenters. The van der Waals surface area contributed by atoms with Gasteiger partial charge in [-0.1, -0.05) is 30.3 Å². The van der Waals surface area contributed by atoms with Crippen molar-refractivity contribution in [2.24, 2.45) is 5.73 Å². The number of hydrogen-bond donors (Lipinski definition) is 1. The highest BCUT2D eigenvalue weighted by Crippen LogP contribution is 2.30. The second-order valence-corrected chi connectivity index (χ2v) is 8.27. The quantitative estimate of drug-likeness (QED) is 0.879. The maximum absolute atomic E-state index is 12.9. The first-order valence-corrected chi connectivity index (χ1v) is 9.50. The van der Waals surface area contributed by atoms with E-state index in [4.69, 9.17) is 10.5 Å². The fourth-order valence-electron chi connectivity index (χ4n) is 3.49. The van der Waals surface area contributed by atoms with Gasteiger partial charge in [0.05, 0.1) is 6.10 Å². The molecule has 0 aromatic heterocycles. The number of ether oxygens (including phenoxy) is 1. The van der Waals surface area contributed by atoms with Gasteiger partial charge in [-0.2, -0.15) is 17.0 Å². The zero-order chi connectivity index (χ0) is 16.4. The molecule has 6 nitrogen and oxygen atoms in total. The Morgan fingerprint density at radius 2 is 1.74 bits per heavy atom. The lowest BCUT2D eigenvalue weighted by Crippen LogP contribution is -2.47. The lowest BCUT2D eigenvalue weighted by Gasteiger charge is -2.33. The summed E-state index contributed by atoms with van der Waals surface area (Å²) in [5, 5.41) is 0. The fourth-order valence-corrected chi connectivity index (χ4v) is 5.20. The summed E-state index contributed by atoms with van der Waals surface area (Å²) in [5.41, 5.74) is 7.33. The molecule has 2 fully saturated rings. The van der Waals surface area contributed by atoms with Crippen molar-refractivity contribution in [3.05, 3.63) is 35.9 Å². The lowest BCUT2D eigenvalue weighted by atomic mass is 9.95. The van der Waals surface area contributed by atoms with Crippen LogP contribution in [0.25, 0.3) is 0 Å². The van der Waals surface area contributed by atoms with Crippen molar-refractivity contribution in [2.75, 3.05) is 33.3 Å². The van der Waals surface area contributed by atoms with Gasteiger partial charge in [-0.25, -0.2) is 0 Å². The maximum atomic E-state index is 12.9. The first-order chi connectivity index (χ1) is 11.0. The summed E-state index contributed by atoms with van der Waals surface area (Å²) < 4.78 is 34.2. The van der Waals surface area contributed by atoms with E-state index in [1.165, 1.54) is 0 Å². The summed E-state index contributed by atoms with van der Waals surface area (Å²) in [4.78, 5) is 0. The fraction of sp³-hybridized carbons (Fsp3) is 0.625. The Labute approximate surface area is 138 Å². The highest BCUT2D eigenvalue weighted by molar-refractivity contribution is 7.86. The average molecular weight is 339 g/mol. The van der Waals surface area contributed by atoms with Gasteiger partial charge < -0.3 is 10.5 Å². The first-order valence-electron chi connectivity index (χ1n) is 8.11. The van der Waals surface area contributed by atoms with Gasteiger partial charge >= 0.3 is 0 Å². The van der Waals surface area contributed by atoms with Crippen LogP contribution in [0, 0.1) is 0 Å². The van der Waals surface area contributed by atoms with Crippen LogP contribution in [0.1, 0.15) is 24.3 Å². The summed E-state index contributed by atoms with van der Waals surface area (Å²) in [5.74, 6) is 0.0579. The first kappa shape index (κ1) is 16.9. The summed E-state index contributed by atoms with van der Waals surface area (Å²) in [7, 11) is -1.76. The number of methoxy groups -OCH3 is 1. The molecule has 3 rings (SSSR count). The molecule has 23 heavy (non-hydrogen) atoms. The molecule has 1 aromatic carbocycles. The molecule has 2 aliphatic rings. The Morgan fingerprint density at radius 3 is 2.35 bits per heavy atom. The minimum Gasteiger partial charge on any atom is -0.381 e. The Hall–Kier alpha value is -0.990. The number of benzene rings is 1. The number of nitrogens with two attached hydrogens (primary N) is 1. The van der Waals surface area contributed by atoms with E-state index in [0.717, 1.165) is 18.4 Å². The van der Waals surface area contributed by atoms with Gasteiger partial charge in [0.2, 0.25) is 0 Å². The molecule has 2 saturated heterocycles. The second-order valence-electron chi connectivity index (χ2n) is 6.34. The Morgan fingerprint density at radius 1 is 1.09 bits per heavy atom. The molecule has 0 bridgehead atoms. The van der Waals surface area contributed by atoms with Crippen LogP contribution >= 0.6 is 0 Å². The van der Waals surface area contributed by atoms with E-state index < -0.39 is 10.2 Å². The highest BCUT2D eigenvalue weighted by atomic mass is 32.2. The molecule has 2 aliphatic heterocycles. The zero-order valence-corrected chi connectivity index (χ0v) is 14.3. The molecule has 0 spiro atoms. The van der Waals surface area contributed by atoms with Crippen molar-refractivity contribution in [2.45, 2.75) is 30.9 Å². The smallest absolute Gasteiger partial charge is 0.282 e. The molecular weight excluding hydrogens is 314 g/mol. The van der Waals surface area contributed by atoms with Crippen LogP contribution in [0.3, 0.4) is 0 Å². The van der Waals surface area contributed by atoms with E-state index in [1.54, 1.807) is 15.7 Å². The van der Waals surface area contributed by atoms with Gasteiger partial charge in [-0.15, -0.1) is 0 Å². The minimum absolute atomic E-state index is 0.0579. The molecule has 0 amide bonds. The minimum atomic E-state index is -3.44. The largest absolute Gasteiger partial charge is 0.381 e. The lowest BCUT2D eigenvalue weighted by molar-refractivity contribution is 0.0593. The third-order valence-corrected chi connectivity index (χ3v) is 6.91. The number of nitrogens with zero attached hydrogens (tertiary/aromatic N) is 2. The number of piperidine rings is 1. The van der Waals surface area contributed by atoms with Crippen molar-refractivity contribution in [3.63, 3.8) is 0 Å².